The first-order valence-corrected chi connectivity index (χ1v) is 9.76. The summed E-state index contributed by atoms with van der Waals surface area (Å²) < 4.78 is 11.6. The second kappa shape index (κ2) is 9.73. The summed E-state index contributed by atoms with van der Waals surface area (Å²) in [4.78, 5) is 23.5. The number of carbonyl (C=O) groups is 1. The summed E-state index contributed by atoms with van der Waals surface area (Å²) >= 11 is 3.24. The number of nitro groups is 1. The molecule has 3 aromatic rings. The highest BCUT2D eigenvalue weighted by atomic mass is 79.9. The van der Waals surface area contributed by atoms with Crippen LogP contribution in [-0.2, 0) is 4.79 Å². The number of hydrogen-bond donors (Lipinski definition) is 1. The number of nitro benzene ring substituents is 1. The number of benzene rings is 3. The van der Waals surface area contributed by atoms with Crippen LogP contribution < -0.4 is 14.8 Å². The zero-order valence-electron chi connectivity index (χ0n) is 16.2. The first-order valence-electron chi connectivity index (χ1n) is 8.97. The molecule has 3 aromatic carbocycles. The molecule has 0 saturated heterocycles. The van der Waals surface area contributed by atoms with E-state index in [2.05, 4.69) is 21.2 Å². The molecule has 0 heterocycles. The van der Waals surface area contributed by atoms with Gasteiger partial charge in [-0.1, -0.05) is 30.3 Å². The van der Waals surface area contributed by atoms with Crippen LogP contribution in [0.4, 0.5) is 11.4 Å². The Morgan fingerprint density at radius 3 is 2.48 bits per heavy atom. The number of hydrogen-bond acceptors (Lipinski definition) is 6. The molecule has 31 heavy (non-hydrogen) atoms. The van der Waals surface area contributed by atoms with Crippen molar-refractivity contribution >= 4 is 33.2 Å². The van der Waals surface area contributed by atoms with Gasteiger partial charge in [0, 0.05) is 28.2 Å². The summed E-state index contributed by atoms with van der Waals surface area (Å²) in [7, 11) is 1.44. The normalized spacial score (nSPS) is 11.1. The fraction of sp³-hybridized carbons (Fsp3) is 0.0909. The van der Waals surface area contributed by atoms with Gasteiger partial charge < -0.3 is 14.8 Å². The van der Waals surface area contributed by atoms with Crippen molar-refractivity contribution in [2.75, 3.05) is 12.4 Å². The Balaban J connectivity index is 1.93. The van der Waals surface area contributed by atoms with Gasteiger partial charge in [-0.25, -0.2) is 0 Å². The van der Waals surface area contributed by atoms with Crippen molar-refractivity contribution < 1.29 is 19.2 Å². The van der Waals surface area contributed by atoms with Crippen LogP contribution in [-0.4, -0.2) is 17.9 Å². The van der Waals surface area contributed by atoms with E-state index >= 15 is 0 Å². The van der Waals surface area contributed by atoms with E-state index in [1.165, 1.54) is 31.4 Å². The summed E-state index contributed by atoms with van der Waals surface area (Å²) in [5.74, 6) is 0.102. The molecule has 0 aliphatic carbocycles. The molecule has 1 atom stereocenters. The average molecular weight is 482 g/mol. The van der Waals surface area contributed by atoms with Crippen LogP contribution >= 0.6 is 15.9 Å². The van der Waals surface area contributed by atoms with Gasteiger partial charge in [0.2, 0.25) is 6.10 Å². The summed E-state index contributed by atoms with van der Waals surface area (Å²) in [6.45, 7) is 0. The van der Waals surface area contributed by atoms with Gasteiger partial charge in [-0.15, -0.1) is 0 Å². The van der Waals surface area contributed by atoms with Crippen molar-refractivity contribution in [3.05, 3.63) is 92.4 Å². The number of nitriles is 1. The van der Waals surface area contributed by atoms with Crippen molar-refractivity contribution in [1.82, 2.24) is 0 Å². The highest BCUT2D eigenvalue weighted by molar-refractivity contribution is 9.10. The lowest BCUT2D eigenvalue weighted by atomic mass is 10.1. The molecule has 0 bridgehead atoms. The van der Waals surface area contributed by atoms with E-state index in [9.17, 15) is 14.9 Å². The minimum atomic E-state index is -1.05. The van der Waals surface area contributed by atoms with E-state index in [0.29, 0.717) is 27.0 Å². The molecular formula is C22H16BrN3O5. The van der Waals surface area contributed by atoms with Crippen LogP contribution in [0.15, 0.2) is 71.2 Å². The SMILES string of the molecule is COc1cc(C#N)ccc1O[C@H](C(=O)Nc1ccc([N+](=O)[O-])cc1Br)c1ccccc1. The number of anilines is 1. The first-order chi connectivity index (χ1) is 14.9. The van der Waals surface area contributed by atoms with Crippen molar-refractivity contribution in [3.63, 3.8) is 0 Å². The Morgan fingerprint density at radius 2 is 1.87 bits per heavy atom. The highest BCUT2D eigenvalue weighted by Gasteiger charge is 2.25. The Kier molecular flexibility index (Phi) is 6.85. The van der Waals surface area contributed by atoms with Crippen molar-refractivity contribution in [1.29, 1.82) is 5.26 Å². The molecule has 0 unspecified atom stereocenters. The van der Waals surface area contributed by atoms with Gasteiger partial charge >= 0.3 is 0 Å². The molecule has 0 aliphatic rings. The molecule has 0 radical (unpaired) electrons. The van der Waals surface area contributed by atoms with E-state index in [0.717, 1.165) is 0 Å². The van der Waals surface area contributed by atoms with Crippen LogP contribution in [0.1, 0.15) is 17.2 Å². The molecule has 1 amide bonds. The van der Waals surface area contributed by atoms with E-state index in [1.807, 2.05) is 12.1 Å². The van der Waals surface area contributed by atoms with E-state index in [4.69, 9.17) is 14.7 Å². The maximum absolute atomic E-state index is 13.1. The third kappa shape index (κ3) is 5.18. The summed E-state index contributed by atoms with van der Waals surface area (Å²) in [6, 6.07) is 19.5. The summed E-state index contributed by atoms with van der Waals surface area (Å²) in [5.41, 5.74) is 1.22. The topological polar surface area (TPSA) is 114 Å². The number of nitrogens with zero attached hydrogens (tertiary/aromatic N) is 2. The summed E-state index contributed by atoms with van der Waals surface area (Å²) in [6.07, 6.45) is -1.05. The Bertz CT molecular complexity index is 1160. The molecule has 0 spiro atoms. The minimum absolute atomic E-state index is 0.108. The lowest BCUT2D eigenvalue weighted by molar-refractivity contribution is -0.384. The molecule has 0 aliphatic heterocycles. The van der Waals surface area contributed by atoms with Crippen LogP contribution in [0.25, 0.3) is 0 Å². The fourth-order valence-corrected chi connectivity index (χ4v) is 3.25. The number of halogens is 1. The quantitative estimate of drug-likeness (QED) is 0.375. The monoisotopic (exact) mass is 481 g/mol. The number of methoxy groups -OCH3 is 1. The van der Waals surface area contributed by atoms with E-state index in [1.54, 1.807) is 36.4 Å². The van der Waals surface area contributed by atoms with Gasteiger partial charge in [0.05, 0.1) is 29.4 Å². The number of nitrogens with one attached hydrogen (secondary N) is 1. The van der Waals surface area contributed by atoms with Gasteiger partial charge in [0.25, 0.3) is 11.6 Å². The summed E-state index contributed by atoms with van der Waals surface area (Å²) in [5, 5.41) is 22.7. The number of amides is 1. The van der Waals surface area contributed by atoms with Crippen LogP contribution in [0.5, 0.6) is 11.5 Å². The second-order valence-electron chi connectivity index (χ2n) is 6.30. The second-order valence-corrected chi connectivity index (χ2v) is 7.15. The van der Waals surface area contributed by atoms with E-state index in [-0.39, 0.29) is 11.4 Å². The smallest absolute Gasteiger partial charge is 0.270 e. The number of carbonyl (C=O) groups excluding carboxylic acids is 1. The molecule has 9 heteroatoms. The molecular weight excluding hydrogens is 466 g/mol. The molecule has 8 nitrogen and oxygen atoms in total. The van der Waals surface area contributed by atoms with Crippen molar-refractivity contribution in [3.8, 4) is 17.6 Å². The van der Waals surface area contributed by atoms with Gasteiger partial charge in [-0.2, -0.15) is 5.26 Å². The zero-order chi connectivity index (χ0) is 22.4. The standard InChI is InChI=1S/C22H16BrN3O5/c1-30-20-11-14(13-24)7-10-19(20)31-21(15-5-3-2-4-6-15)22(27)25-18-9-8-16(26(28)29)12-17(18)23/h2-12,21H,1H3,(H,25,27)/t21-/m0/s1. The van der Waals surface area contributed by atoms with Crippen LogP contribution in [0.2, 0.25) is 0 Å². The molecule has 0 aromatic heterocycles. The van der Waals surface area contributed by atoms with Crippen LogP contribution in [0, 0.1) is 21.4 Å². The maximum Gasteiger partial charge on any atom is 0.270 e. The lowest BCUT2D eigenvalue weighted by Crippen LogP contribution is -2.26. The van der Waals surface area contributed by atoms with Crippen molar-refractivity contribution in [2.24, 2.45) is 0 Å². The van der Waals surface area contributed by atoms with Gasteiger partial charge in [0.15, 0.2) is 11.5 Å². The fourth-order valence-electron chi connectivity index (χ4n) is 2.78. The zero-order valence-corrected chi connectivity index (χ0v) is 17.8. The molecule has 0 fully saturated rings. The van der Waals surface area contributed by atoms with Gasteiger partial charge in [-0.3, -0.25) is 14.9 Å². The molecule has 156 valence electrons. The number of ether oxygens (including phenoxy) is 2. The third-order valence-corrected chi connectivity index (χ3v) is 4.96. The number of non-ortho nitro benzene ring substituents is 1. The van der Waals surface area contributed by atoms with Gasteiger partial charge in [0.1, 0.15) is 0 Å². The van der Waals surface area contributed by atoms with Crippen LogP contribution in [0.3, 0.4) is 0 Å². The Hall–Kier alpha value is -3.90. The predicted molar refractivity (Wildman–Crippen MR) is 117 cm³/mol. The predicted octanol–water partition coefficient (Wildman–Crippen LogP) is 5.00. The number of rotatable bonds is 7. The molecule has 0 saturated carbocycles. The van der Waals surface area contributed by atoms with E-state index < -0.39 is 16.9 Å². The first kappa shape index (κ1) is 21.8. The third-order valence-electron chi connectivity index (χ3n) is 4.30. The lowest BCUT2D eigenvalue weighted by Gasteiger charge is -2.21. The van der Waals surface area contributed by atoms with Crippen molar-refractivity contribution in [2.45, 2.75) is 6.10 Å². The molecule has 1 N–H and O–H groups in total. The highest BCUT2D eigenvalue weighted by Crippen LogP contribution is 2.33. The Morgan fingerprint density at radius 1 is 1.13 bits per heavy atom. The Labute approximate surface area is 186 Å². The maximum atomic E-state index is 13.1. The van der Waals surface area contributed by atoms with Gasteiger partial charge in [-0.05, 0) is 34.1 Å². The largest absolute Gasteiger partial charge is 0.493 e. The average Bonchev–Trinajstić information content (AvgIpc) is 2.79. The molecule has 3 rings (SSSR count). The minimum Gasteiger partial charge on any atom is -0.493 e.